The van der Waals surface area contributed by atoms with Crippen LogP contribution in [0.4, 0.5) is 4.79 Å². The van der Waals surface area contributed by atoms with Crippen LogP contribution in [0.2, 0.25) is 0 Å². The summed E-state index contributed by atoms with van der Waals surface area (Å²) in [4.78, 5) is 27.7. The molecule has 6 heteroatoms. The number of carbonyl (C=O) groups is 2. The highest BCUT2D eigenvalue weighted by Crippen LogP contribution is 2.29. The van der Waals surface area contributed by atoms with Gasteiger partial charge in [-0.25, -0.2) is 4.79 Å². The van der Waals surface area contributed by atoms with Crippen molar-refractivity contribution in [2.45, 2.75) is 18.6 Å². The van der Waals surface area contributed by atoms with Gasteiger partial charge < -0.3 is 19.9 Å². The SMILES string of the molecule is CN1C[C@]2(CCN(C(=O)NCc3ccc(-c4ccccc4)cc3)C2)OCC1=O. The Morgan fingerprint density at radius 2 is 1.79 bits per heavy atom. The first kappa shape index (κ1) is 18.5. The van der Waals surface area contributed by atoms with Gasteiger partial charge in [0.15, 0.2) is 0 Å². The first-order valence-corrected chi connectivity index (χ1v) is 9.60. The molecule has 146 valence electrons. The Morgan fingerprint density at radius 3 is 2.50 bits per heavy atom. The topological polar surface area (TPSA) is 61.9 Å². The monoisotopic (exact) mass is 379 g/mol. The zero-order chi connectivity index (χ0) is 19.6. The third-order valence-electron chi connectivity index (χ3n) is 5.56. The number of likely N-dealkylation sites (tertiary alicyclic amines) is 1. The van der Waals surface area contributed by atoms with Crippen molar-refractivity contribution in [3.63, 3.8) is 0 Å². The number of nitrogens with zero attached hydrogens (tertiary/aromatic N) is 2. The van der Waals surface area contributed by atoms with E-state index in [4.69, 9.17) is 4.74 Å². The van der Waals surface area contributed by atoms with E-state index < -0.39 is 5.60 Å². The summed E-state index contributed by atoms with van der Waals surface area (Å²) in [6, 6.07) is 18.4. The summed E-state index contributed by atoms with van der Waals surface area (Å²) in [5.74, 6) is -0.00697. The maximum atomic E-state index is 12.6. The van der Waals surface area contributed by atoms with Gasteiger partial charge in [0.05, 0.1) is 13.1 Å². The summed E-state index contributed by atoms with van der Waals surface area (Å²) in [6.07, 6.45) is 0.754. The second-order valence-electron chi connectivity index (χ2n) is 7.61. The summed E-state index contributed by atoms with van der Waals surface area (Å²) >= 11 is 0. The number of amides is 3. The van der Waals surface area contributed by atoms with E-state index in [0.717, 1.165) is 17.5 Å². The van der Waals surface area contributed by atoms with E-state index in [1.165, 1.54) is 5.56 Å². The molecule has 2 heterocycles. The van der Waals surface area contributed by atoms with Gasteiger partial charge in [0, 0.05) is 20.1 Å². The van der Waals surface area contributed by atoms with Crippen molar-refractivity contribution in [3.05, 3.63) is 60.2 Å². The summed E-state index contributed by atoms with van der Waals surface area (Å²) in [5, 5.41) is 2.99. The minimum atomic E-state index is -0.419. The highest BCUT2D eigenvalue weighted by Gasteiger charge is 2.45. The van der Waals surface area contributed by atoms with E-state index in [2.05, 4.69) is 29.6 Å². The number of hydrogen-bond acceptors (Lipinski definition) is 3. The van der Waals surface area contributed by atoms with Gasteiger partial charge in [0.2, 0.25) is 5.91 Å². The van der Waals surface area contributed by atoms with Gasteiger partial charge in [-0.3, -0.25) is 4.79 Å². The highest BCUT2D eigenvalue weighted by atomic mass is 16.5. The molecule has 2 aliphatic rings. The number of likely N-dealkylation sites (N-methyl/N-ethyl adjacent to an activating group) is 1. The lowest BCUT2D eigenvalue weighted by Crippen LogP contribution is -2.55. The van der Waals surface area contributed by atoms with Crippen LogP contribution >= 0.6 is 0 Å². The van der Waals surface area contributed by atoms with Gasteiger partial charge in [0.1, 0.15) is 12.2 Å². The number of nitrogens with one attached hydrogen (secondary N) is 1. The van der Waals surface area contributed by atoms with Crippen molar-refractivity contribution >= 4 is 11.9 Å². The van der Waals surface area contributed by atoms with Crippen molar-refractivity contribution in [1.82, 2.24) is 15.1 Å². The molecule has 0 aliphatic carbocycles. The minimum absolute atomic E-state index is 0.00697. The average molecular weight is 379 g/mol. The molecular formula is C22H25N3O3. The van der Waals surface area contributed by atoms with Crippen LogP contribution in [0, 0.1) is 0 Å². The van der Waals surface area contributed by atoms with Crippen molar-refractivity contribution in [1.29, 1.82) is 0 Å². The number of benzene rings is 2. The Balaban J connectivity index is 1.31. The highest BCUT2D eigenvalue weighted by molar-refractivity contribution is 5.78. The zero-order valence-electron chi connectivity index (χ0n) is 16.1. The third kappa shape index (κ3) is 3.87. The number of carbonyl (C=O) groups excluding carboxylic acids is 2. The van der Waals surface area contributed by atoms with E-state index in [0.29, 0.717) is 26.2 Å². The molecule has 4 rings (SSSR count). The number of morpholine rings is 1. The van der Waals surface area contributed by atoms with E-state index in [1.807, 2.05) is 30.3 Å². The Kier molecular flexibility index (Phi) is 5.05. The molecular weight excluding hydrogens is 354 g/mol. The van der Waals surface area contributed by atoms with E-state index in [-0.39, 0.29) is 18.5 Å². The molecule has 0 bridgehead atoms. The van der Waals surface area contributed by atoms with Crippen LogP contribution < -0.4 is 5.32 Å². The van der Waals surface area contributed by atoms with Crippen LogP contribution in [0.3, 0.4) is 0 Å². The lowest BCUT2D eigenvalue weighted by Gasteiger charge is -2.38. The molecule has 1 spiro atoms. The van der Waals surface area contributed by atoms with E-state index in [9.17, 15) is 9.59 Å². The first-order chi connectivity index (χ1) is 13.5. The second kappa shape index (κ2) is 7.64. The minimum Gasteiger partial charge on any atom is -0.361 e. The summed E-state index contributed by atoms with van der Waals surface area (Å²) in [7, 11) is 1.79. The maximum absolute atomic E-state index is 12.6. The largest absolute Gasteiger partial charge is 0.361 e. The lowest BCUT2D eigenvalue weighted by molar-refractivity contribution is -0.158. The van der Waals surface area contributed by atoms with Crippen LogP contribution in [-0.2, 0) is 16.1 Å². The van der Waals surface area contributed by atoms with Gasteiger partial charge in [-0.1, -0.05) is 54.6 Å². The fourth-order valence-electron chi connectivity index (χ4n) is 3.89. The van der Waals surface area contributed by atoms with Crippen molar-refractivity contribution in [3.8, 4) is 11.1 Å². The van der Waals surface area contributed by atoms with Crippen molar-refractivity contribution in [2.24, 2.45) is 0 Å². The Hall–Kier alpha value is -2.86. The third-order valence-corrected chi connectivity index (χ3v) is 5.56. The Labute approximate surface area is 165 Å². The maximum Gasteiger partial charge on any atom is 0.317 e. The molecule has 2 aliphatic heterocycles. The van der Waals surface area contributed by atoms with Crippen LogP contribution in [0.25, 0.3) is 11.1 Å². The standard InChI is InChI=1S/C22H25N3O3/c1-24-15-22(28-14-20(24)26)11-12-25(16-22)21(27)23-13-17-7-9-19(10-8-17)18-5-3-2-4-6-18/h2-10H,11-16H2,1H3,(H,23,27)/t22-/m0/s1. The normalized spacial score (nSPS) is 22.0. The molecule has 0 aromatic heterocycles. The van der Waals surface area contributed by atoms with Gasteiger partial charge >= 0.3 is 6.03 Å². The van der Waals surface area contributed by atoms with Crippen molar-refractivity contribution < 1.29 is 14.3 Å². The molecule has 1 N–H and O–H groups in total. The van der Waals surface area contributed by atoms with Crippen LogP contribution in [-0.4, -0.2) is 60.6 Å². The molecule has 2 aromatic carbocycles. The second-order valence-corrected chi connectivity index (χ2v) is 7.61. The average Bonchev–Trinajstić information content (AvgIpc) is 3.14. The van der Waals surface area contributed by atoms with Gasteiger partial charge in [-0.15, -0.1) is 0 Å². The first-order valence-electron chi connectivity index (χ1n) is 9.60. The molecule has 3 amide bonds. The molecule has 0 unspecified atom stereocenters. The van der Waals surface area contributed by atoms with E-state index in [1.54, 1.807) is 16.8 Å². The number of urea groups is 1. The van der Waals surface area contributed by atoms with Crippen LogP contribution in [0.1, 0.15) is 12.0 Å². The molecule has 2 fully saturated rings. The predicted octanol–water partition coefficient (Wildman–Crippen LogP) is 2.50. The number of ether oxygens (including phenoxy) is 1. The van der Waals surface area contributed by atoms with E-state index >= 15 is 0 Å². The van der Waals surface area contributed by atoms with Crippen molar-refractivity contribution in [2.75, 3.05) is 33.3 Å². The molecule has 0 saturated carbocycles. The van der Waals surface area contributed by atoms with Gasteiger partial charge in [-0.2, -0.15) is 0 Å². The molecule has 2 saturated heterocycles. The molecule has 1 atom stereocenters. The van der Waals surface area contributed by atoms with Crippen LogP contribution in [0.15, 0.2) is 54.6 Å². The number of rotatable bonds is 3. The molecule has 6 nitrogen and oxygen atoms in total. The quantitative estimate of drug-likeness (QED) is 0.891. The fraction of sp³-hybridized carbons (Fsp3) is 0.364. The number of hydrogen-bond donors (Lipinski definition) is 1. The Morgan fingerprint density at radius 1 is 1.07 bits per heavy atom. The van der Waals surface area contributed by atoms with Gasteiger partial charge in [-0.05, 0) is 23.1 Å². The summed E-state index contributed by atoms with van der Waals surface area (Å²) in [6.45, 7) is 2.27. The lowest BCUT2D eigenvalue weighted by atomic mass is 10.0. The predicted molar refractivity (Wildman–Crippen MR) is 107 cm³/mol. The van der Waals surface area contributed by atoms with Crippen LogP contribution in [0.5, 0.6) is 0 Å². The molecule has 0 radical (unpaired) electrons. The fourth-order valence-corrected chi connectivity index (χ4v) is 3.89. The summed E-state index contributed by atoms with van der Waals surface area (Å²) in [5.41, 5.74) is 2.97. The molecule has 28 heavy (non-hydrogen) atoms. The smallest absolute Gasteiger partial charge is 0.317 e. The zero-order valence-corrected chi connectivity index (χ0v) is 16.1. The Bertz CT molecular complexity index is 853. The molecule has 2 aromatic rings. The van der Waals surface area contributed by atoms with Gasteiger partial charge in [0.25, 0.3) is 0 Å². The summed E-state index contributed by atoms with van der Waals surface area (Å²) < 4.78 is 5.79.